The Balaban J connectivity index is 1.43. The molecule has 8 heteroatoms. The van der Waals surface area contributed by atoms with Crippen molar-refractivity contribution in [3.63, 3.8) is 0 Å². The van der Waals surface area contributed by atoms with Crippen molar-refractivity contribution in [1.82, 2.24) is 0 Å². The highest BCUT2D eigenvalue weighted by Gasteiger charge is 2.52. The minimum Gasteiger partial charge on any atom is -0.497 e. The van der Waals surface area contributed by atoms with Gasteiger partial charge in [0.2, 0.25) is 0 Å². The lowest BCUT2D eigenvalue weighted by molar-refractivity contribution is -0.273. The highest BCUT2D eigenvalue weighted by atomic mass is 16.6. The van der Waals surface area contributed by atoms with Crippen LogP contribution in [0.1, 0.15) is 22.3 Å². The molecule has 1 saturated carbocycles. The molecule has 0 aromatic heterocycles. The molecule has 0 radical (unpaired) electrons. The van der Waals surface area contributed by atoms with Gasteiger partial charge >= 0.3 is 0 Å². The molecule has 1 aliphatic carbocycles. The minimum atomic E-state index is -1.29. The first-order chi connectivity index (χ1) is 21.6. The quantitative estimate of drug-likeness (QED) is 0.207. The van der Waals surface area contributed by atoms with Gasteiger partial charge in [-0.05, 0) is 46.5 Å². The number of aliphatic hydroxyl groups excluding tert-OH is 2. The van der Waals surface area contributed by atoms with Crippen LogP contribution in [0.4, 0.5) is 0 Å². The second kappa shape index (κ2) is 15.8. The summed E-state index contributed by atoms with van der Waals surface area (Å²) in [7, 11) is 3.24. The van der Waals surface area contributed by atoms with Crippen LogP contribution in [0.3, 0.4) is 0 Å². The molecule has 8 nitrogen and oxygen atoms in total. The molecule has 0 amide bonds. The normalized spacial score (nSPS) is 23.3. The lowest BCUT2D eigenvalue weighted by Crippen LogP contribution is -2.66. The average molecular weight is 601 g/mol. The highest BCUT2D eigenvalue weighted by Crippen LogP contribution is 2.33. The van der Waals surface area contributed by atoms with Crippen LogP contribution in [-0.4, -0.2) is 61.1 Å². The van der Waals surface area contributed by atoms with Crippen LogP contribution in [0, 0.1) is 0 Å². The van der Waals surface area contributed by atoms with Gasteiger partial charge in [-0.15, -0.1) is 0 Å². The summed E-state index contributed by atoms with van der Waals surface area (Å²) < 4.78 is 36.2. The van der Waals surface area contributed by atoms with Crippen molar-refractivity contribution in [2.45, 2.75) is 63.1 Å². The number of aliphatic hydroxyl groups is 2. The first-order valence-corrected chi connectivity index (χ1v) is 14.7. The van der Waals surface area contributed by atoms with Crippen molar-refractivity contribution in [1.29, 1.82) is 0 Å². The average Bonchev–Trinajstić information content (AvgIpc) is 3.08. The molecule has 0 aliphatic heterocycles. The second-order valence-electron chi connectivity index (χ2n) is 10.8. The summed E-state index contributed by atoms with van der Waals surface area (Å²) in [5.74, 6) is 1.48. The van der Waals surface area contributed by atoms with E-state index in [1.165, 1.54) is 0 Å². The van der Waals surface area contributed by atoms with Gasteiger partial charge in [0.25, 0.3) is 0 Å². The zero-order valence-corrected chi connectivity index (χ0v) is 25.0. The molecule has 0 bridgehead atoms. The maximum Gasteiger partial charge on any atom is 0.118 e. The summed E-state index contributed by atoms with van der Waals surface area (Å²) >= 11 is 0. The van der Waals surface area contributed by atoms with E-state index < -0.39 is 36.6 Å². The van der Waals surface area contributed by atoms with Gasteiger partial charge in [-0.1, -0.05) is 84.9 Å². The van der Waals surface area contributed by atoms with Crippen LogP contribution in [0.5, 0.6) is 11.5 Å². The molecule has 232 valence electrons. The lowest BCUT2D eigenvalue weighted by Gasteiger charge is -2.47. The first-order valence-electron chi connectivity index (χ1n) is 14.7. The van der Waals surface area contributed by atoms with Crippen molar-refractivity contribution >= 4 is 0 Å². The lowest BCUT2D eigenvalue weighted by atomic mass is 9.84. The van der Waals surface area contributed by atoms with Gasteiger partial charge in [0.1, 0.15) is 48.1 Å². The molecule has 0 spiro atoms. The van der Waals surface area contributed by atoms with E-state index in [0.717, 1.165) is 33.8 Å². The third-order valence-corrected chi connectivity index (χ3v) is 7.77. The summed E-state index contributed by atoms with van der Waals surface area (Å²) in [5, 5.41) is 22.9. The Labute approximate surface area is 258 Å². The Hall–Kier alpha value is -3.76. The summed E-state index contributed by atoms with van der Waals surface area (Å²) in [6.07, 6.45) is -5.94. The van der Waals surface area contributed by atoms with E-state index in [0.29, 0.717) is 0 Å². The fourth-order valence-electron chi connectivity index (χ4n) is 5.28. The molecule has 1 aliphatic rings. The largest absolute Gasteiger partial charge is 0.497 e. The van der Waals surface area contributed by atoms with Crippen LogP contribution in [0.2, 0.25) is 0 Å². The van der Waals surface area contributed by atoms with Gasteiger partial charge in [-0.2, -0.15) is 0 Å². The van der Waals surface area contributed by atoms with Crippen LogP contribution < -0.4 is 9.47 Å². The molecule has 5 rings (SSSR count). The van der Waals surface area contributed by atoms with E-state index >= 15 is 0 Å². The third kappa shape index (κ3) is 8.24. The molecule has 6 atom stereocenters. The maximum absolute atomic E-state index is 11.5. The van der Waals surface area contributed by atoms with Gasteiger partial charge in [-0.25, -0.2) is 0 Å². The monoisotopic (exact) mass is 600 g/mol. The Morgan fingerprint density at radius 3 is 1.02 bits per heavy atom. The zero-order valence-electron chi connectivity index (χ0n) is 25.0. The SMILES string of the molecule is COc1ccc(CO[C@H]2[C@H](OCc3ccc(OC)cc3)[C@@H](OCc3ccccc3)[C@@H](O)[C@@H](O)[C@@H]2OCc2ccccc2)cc1. The Morgan fingerprint density at radius 2 is 0.705 bits per heavy atom. The predicted octanol–water partition coefficient (Wildman–Crippen LogP) is 5.08. The van der Waals surface area contributed by atoms with Crippen molar-refractivity contribution in [2.75, 3.05) is 14.2 Å². The molecule has 0 heterocycles. The fourth-order valence-corrected chi connectivity index (χ4v) is 5.28. The molecular weight excluding hydrogens is 560 g/mol. The third-order valence-electron chi connectivity index (χ3n) is 7.77. The fraction of sp³-hybridized carbons (Fsp3) is 0.333. The standard InChI is InChI=1S/C36H40O8/c1-39-29-17-13-27(14-18-29)23-43-35-33(41-21-25-9-5-3-6-10-25)31(37)32(38)34(42-22-26-11-7-4-8-12-26)36(35)44-24-28-15-19-30(40-2)20-16-28/h3-20,31-38H,21-24H2,1-2H3/t31-,32+,33-,34-,35+,36+/m0/s1. The number of hydrogen-bond donors (Lipinski definition) is 2. The molecule has 4 aromatic carbocycles. The number of ether oxygens (including phenoxy) is 6. The van der Waals surface area contributed by atoms with Gasteiger partial charge < -0.3 is 38.6 Å². The van der Waals surface area contributed by atoms with Crippen molar-refractivity contribution < 1.29 is 38.6 Å². The zero-order chi connectivity index (χ0) is 30.7. The van der Waals surface area contributed by atoms with Crippen molar-refractivity contribution in [3.05, 3.63) is 131 Å². The Kier molecular flexibility index (Phi) is 11.4. The van der Waals surface area contributed by atoms with E-state index in [9.17, 15) is 10.2 Å². The Morgan fingerprint density at radius 1 is 0.409 bits per heavy atom. The van der Waals surface area contributed by atoms with Gasteiger partial charge in [0.15, 0.2) is 0 Å². The molecular formula is C36H40O8. The van der Waals surface area contributed by atoms with Crippen LogP contribution in [0.25, 0.3) is 0 Å². The van der Waals surface area contributed by atoms with E-state index in [4.69, 9.17) is 28.4 Å². The first kappa shape index (κ1) is 31.7. The van der Waals surface area contributed by atoms with Crippen LogP contribution in [-0.2, 0) is 45.4 Å². The number of methoxy groups -OCH3 is 2. The van der Waals surface area contributed by atoms with Crippen molar-refractivity contribution in [2.24, 2.45) is 0 Å². The number of hydrogen-bond acceptors (Lipinski definition) is 8. The number of rotatable bonds is 14. The highest BCUT2D eigenvalue weighted by molar-refractivity contribution is 5.28. The summed E-state index contributed by atoms with van der Waals surface area (Å²) in [5.41, 5.74) is 3.68. The molecule has 44 heavy (non-hydrogen) atoms. The van der Waals surface area contributed by atoms with E-state index in [-0.39, 0.29) is 26.4 Å². The van der Waals surface area contributed by atoms with Gasteiger partial charge in [0.05, 0.1) is 40.6 Å². The molecule has 0 saturated heterocycles. The summed E-state index contributed by atoms with van der Waals surface area (Å²) in [4.78, 5) is 0. The molecule has 1 fully saturated rings. The summed E-state index contributed by atoms with van der Waals surface area (Å²) in [6.45, 7) is 0.879. The second-order valence-corrected chi connectivity index (χ2v) is 10.8. The molecule has 4 aromatic rings. The van der Waals surface area contributed by atoms with E-state index in [2.05, 4.69) is 0 Å². The van der Waals surface area contributed by atoms with Crippen LogP contribution in [0.15, 0.2) is 109 Å². The van der Waals surface area contributed by atoms with Crippen LogP contribution >= 0.6 is 0 Å². The predicted molar refractivity (Wildman–Crippen MR) is 165 cm³/mol. The van der Waals surface area contributed by atoms with Gasteiger partial charge in [-0.3, -0.25) is 0 Å². The van der Waals surface area contributed by atoms with Crippen molar-refractivity contribution in [3.8, 4) is 11.5 Å². The van der Waals surface area contributed by atoms with E-state index in [1.54, 1.807) is 14.2 Å². The Bertz CT molecular complexity index is 1270. The van der Waals surface area contributed by atoms with E-state index in [1.807, 2.05) is 109 Å². The minimum absolute atomic E-state index is 0.219. The topological polar surface area (TPSA) is 95.8 Å². The molecule has 0 unspecified atom stereocenters. The summed E-state index contributed by atoms with van der Waals surface area (Å²) in [6, 6.07) is 34.5. The maximum atomic E-state index is 11.5. The van der Waals surface area contributed by atoms with Gasteiger partial charge in [0, 0.05) is 0 Å². The smallest absolute Gasteiger partial charge is 0.118 e. The number of benzene rings is 4. The molecule has 2 N–H and O–H groups in total.